The summed E-state index contributed by atoms with van der Waals surface area (Å²) in [6, 6.07) is 29.4. The number of fused-ring (bicyclic) bond motifs is 1. The summed E-state index contributed by atoms with van der Waals surface area (Å²) in [4.78, 5) is 24.8. The molecule has 0 aliphatic carbocycles. The summed E-state index contributed by atoms with van der Waals surface area (Å²) in [5, 5.41) is 0. The van der Waals surface area contributed by atoms with Crippen LogP contribution in [0, 0.1) is 0 Å². The van der Waals surface area contributed by atoms with Gasteiger partial charge in [0.2, 0.25) is 0 Å². The number of methoxy groups -OCH3 is 1. The van der Waals surface area contributed by atoms with Crippen molar-refractivity contribution in [2.75, 3.05) is 20.3 Å². The van der Waals surface area contributed by atoms with Crippen molar-refractivity contribution in [3.05, 3.63) is 108 Å². The zero-order valence-corrected chi connectivity index (χ0v) is 31.3. The number of hydrogen-bond donors (Lipinski definition) is 0. The minimum atomic E-state index is -1.21. The van der Waals surface area contributed by atoms with Gasteiger partial charge in [0.25, 0.3) is 0 Å². The van der Waals surface area contributed by atoms with Crippen LogP contribution in [0.15, 0.2) is 91.0 Å². The van der Waals surface area contributed by atoms with Crippen LogP contribution in [0.25, 0.3) is 0 Å². The predicted molar refractivity (Wildman–Crippen MR) is 191 cm³/mol. The van der Waals surface area contributed by atoms with Crippen LogP contribution in [0.2, 0.25) is 0 Å². The third kappa shape index (κ3) is 10.5. The average Bonchev–Trinajstić information content (AvgIpc) is 3.16. The largest absolute Gasteiger partial charge is 0.455 e. The molecular weight excluding hydrogens is 700 g/mol. The van der Waals surface area contributed by atoms with Crippen molar-refractivity contribution in [2.24, 2.45) is 0 Å². The first kappa shape index (κ1) is 39.9. The lowest BCUT2D eigenvalue weighted by molar-refractivity contribution is -0.387. The second-order valence-electron chi connectivity index (χ2n) is 13.9. The molecule has 3 fully saturated rings. The Morgan fingerprint density at radius 2 is 1.13 bits per heavy atom. The molecule has 10 atom stereocenters. The number of carbonyl (C=O) groups is 2. The molecule has 3 aromatic carbocycles. The maximum Gasteiger partial charge on any atom is 0.303 e. The maximum absolute atomic E-state index is 12.4. The van der Waals surface area contributed by atoms with Crippen LogP contribution in [-0.2, 0) is 81.5 Å². The van der Waals surface area contributed by atoms with Crippen molar-refractivity contribution < 1.29 is 61.7 Å². The highest BCUT2D eigenvalue weighted by Crippen LogP contribution is 2.37. The molecule has 6 rings (SSSR count). The summed E-state index contributed by atoms with van der Waals surface area (Å²) < 4.78 is 68.6. The second kappa shape index (κ2) is 18.7. The maximum atomic E-state index is 12.4. The van der Waals surface area contributed by atoms with Gasteiger partial charge in [0, 0.05) is 21.0 Å². The number of hydrogen-bond acceptors (Lipinski definition) is 13. The minimum Gasteiger partial charge on any atom is -0.455 e. The molecule has 3 heterocycles. The van der Waals surface area contributed by atoms with Crippen molar-refractivity contribution in [3.63, 3.8) is 0 Å². The molecule has 0 aromatic heterocycles. The van der Waals surface area contributed by atoms with Crippen LogP contribution >= 0.6 is 0 Å². The lowest BCUT2D eigenvalue weighted by Crippen LogP contribution is -2.67. The SMILES string of the molecule is CO[C@H]1O[C@H](CO[C@@H]2O[C@@H]3COC(C)(C)O[C@H]3[C@@H](OC(C)=O)[C@H]2OC(C)=O)[C@@H](OCc2ccccc2)[C@H](OCc2ccccc2)[C@H]1OCc1ccccc1. The van der Waals surface area contributed by atoms with Crippen molar-refractivity contribution >= 4 is 11.9 Å². The quantitative estimate of drug-likeness (QED) is 0.196. The Kier molecular flexibility index (Phi) is 13.8. The van der Waals surface area contributed by atoms with E-state index in [2.05, 4.69) is 0 Å². The normalized spacial score (nSPS) is 30.5. The summed E-state index contributed by atoms with van der Waals surface area (Å²) in [6.07, 6.45) is -8.83. The third-order valence-electron chi connectivity index (χ3n) is 9.31. The number of ether oxygens (including phenoxy) is 11. The molecule has 3 aliphatic heterocycles. The predicted octanol–water partition coefficient (Wildman–Crippen LogP) is 4.87. The Bertz CT molecular complexity index is 1610. The van der Waals surface area contributed by atoms with Crippen LogP contribution in [0.4, 0.5) is 0 Å². The molecule has 0 unspecified atom stereocenters. The van der Waals surface area contributed by atoms with E-state index >= 15 is 0 Å². The highest BCUT2D eigenvalue weighted by Gasteiger charge is 2.56. The van der Waals surface area contributed by atoms with Gasteiger partial charge in [-0.15, -0.1) is 0 Å². The minimum absolute atomic E-state index is 0.117. The monoisotopic (exact) mass is 750 g/mol. The van der Waals surface area contributed by atoms with E-state index in [1.807, 2.05) is 91.0 Å². The summed E-state index contributed by atoms with van der Waals surface area (Å²) in [7, 11) is 1.54. The van der Waals surface area contributed by atoms with Gasteiger partial charge in [0.05, 0.1) is 33.0 Å². The Hall–Kier alpha value is -3.76. The fourth-order valence-corrected chi connectivity index (χ4v) is 6.84. The topological polar surface area (TPSA) is 136 Å². The number of carbonyl (C=O) groups excluding carboxylic acids is 2. The standard InChI is InChI=1S/C41H50O13/c1-26(42)50-36-34-32(25-49-41(3,4)54-34)53-40(38(36)51-27(2)43)48-24-31-33(45-21-28-15-9-6-10-16-28)35(46-22-29-17-11-7-12-18-29)37(39(44-5)52-31)47-23-30-19-13-8-14-20-30/h6-20,31-40H,21-25H2,1-5H3/t31-,32-,33-,34-,35+,36-,37-,38-,39+,40-/m1/s1. The van der Waals surface area contributed by atoms with E-state index in [9.17, 15) is 9.59 Å². The zero-order chi connectivity index (χ0) is 38.1. The van der Waals surface area contributed by atoms with Crippen molar-refractivity contribution in [1.29, 1.82) is 0 Å². The molecule has 0 radical (unpaired) electrons. The molecule has 0 bridgehead atoms. The van der Waals surface area contributed by atoms with E-state index in [-0.39, 0.29) is 33.0 Å². The molecule has 13 nitrogen and oxygen atoms in total. The van der Waals surface area contributed by atoms with Crippen LogP contribution in [0.5, 0.6) is 0 Å². The smallest absolute Gasteiger partial charge is 0.303 e. The molecule has 3 saturated heterocycles. The van der Waals surface area contributed by atoms with Crippen LogP contribution < -0.4 is 0 Å². The summed E-state index contributed by atoms with van der Waals surface area (Å²) in [5.74, 6) is -2.21. The summed E-state index contributed by atoms with van der Waals surface area (Å²) >= 11 is 0. The van der Waals surface area contributed by atoms with Gasteiger partial charge >= 0.3 is 11.9 Å². The Morgan fingerprint density at radius 3 is 1.65 bits per heavy atom. The van der Waals surface area contributed by atoms with Gasteiger partial charge in [-0.05, 0) is 30.5 Å². The highest BCUT2D eigenvalue weighted by molar-refractivity contribution is 5.67. The van der Waals surface area contributed by atoms with Crippen LogP contribution in [0.3, 0.4) is 0 Å². The summed E-state index contributed by atoms with van der Waals surface area (Å²) in [5.41, 5.74) is 2.86. The Balaban J connectivity index is 1.29. The van der Waals surface area contributed by atoms with Crippen molar-refractivity contribution in [2.45, 2.75) is 115 Å². The highest BCUT2D eigenvalue weighted by atomic mass is 16.8. The van der Waals surface area contributed by atoms with Crippen molar-refractivity contribution in [3.8, 4) is 0 Å². The average molecular weight is 751 g/mol. The molecule has 0 N–H and O–H groups in total. The molecule has 0 saturated carbocycles. The van der Waals surface area contributed by atoms with Gasteiger partial charge in [0.15, 0.2) is 30.6 Å². The zero-order valence-electron chi connectivity index (χ0n) is 31.3. The van der Waals surface area contributed by atoms with Gasteiger partial charge in [-0.3, -0.25) is 9.59 Å². The first-order chi connectivity index (χ1) is 26.1. The van der Waals surface area contributed by atoms with Crippen LogP contribution in [-0.4, -0.2) is 99.5 Å². The molecule has 3 aromatic rings. The molecular formula is C41H50O13. The fraction of sp³-hybridized carbons (Fsp3) is 0.512. The lowest BCUT2D eigenvalue weighted by atomic mass is 9.96. The number of benzene rings is 3. The van der Waals surface area contributed by atoms with Gasteiger partial charge in [0.1, 0.15) is 36.6 Å². The third-order valence-corrected chi connectivity index (χ3v) is 9.31. The lowest BCUT2D eigenvalue weighted by Gasteiger charge is -2.50. The van der Waals surface area contributed by atoms with E-state index in [0.29, 0.717) is 0 Å². The van der Waals surface area contributed by atoms with E-state index in [1.165, 1.54) is 21.0 Å². The molecule has 0 amide bonds. The van der Waals surface area contributed by atoms with Crippen molar-refractivity contribution in [1.82, 2.24) is 0 Å². The van der Waals surface area contributed by atoms with Gasteiger partial charge < -0.3 is 52.1 Å². The molecule has 0 spiro atoms. The molecule has 3 aliphatic rings. The van der Waals surface area contributed by atoms with Gasteiger partial charge in [-0.25, -0.2) is 0 Å². The molecule has 292 valence electrons. The molecule has 13 heteroatoms. The van der Waals surface area contributed by atoms with E-state index in [0.717, 1.165) is 16.7 Å². The van der Waals surface area contributed by atoms with Gasteiger partial charge in [-0.1, -0.05) is 91.0 Å². The van der Waals surface area contributed by atoms with E-state index in [1.54, 1.807) is 13.8 Å². The summed E-state index contributed by atoms with van der Waals surface area (Å²) in [6.45, 7) is 6.77. The number of esters is 2. The second-order valence-corrected chi connectivity index (χ2v) is 13.9. The Labute approximate surface area is 315 Å². The fourth-order valence-electron chi connectivity index (χ4n) is 6.84. The first-order valence-corrected chi connectivity index (χ1v) is 18.2. The molecule has 54 heavy (non-hydrogen) atoms. The van der Waals surface area contributed by atoms with E-state index < -0.39 is 79.1 Å². The van der Waals surface area contributed by atoms with Crippen LogP contribution in [0.1, 0.15) is 44.4 Å². The van der Waals surface area contributed by atoms with Gasteiger partial charge in [-0.2, -0.15) is 0 Å². The first-order valence-electron chi connectivity index (χ1n) is 18.2. The van der Waals surface area contributed by atoms with E-state index in [4.69, 9.17) is 52.1 Å². The number of rotatable bonds is 15. The Morgan fingerprint density at radius 1 is 0.630 bits per heavy atom.